The number of anilines is 2. The van der Waals surface area contributed by atoms with E-state index >= 15 is 0 Å². The van der Waals surface area contributed by atoms with Gasteiger partial charge in [-0.15, -0.1) is 10.2 Å². The van der Waals surface area contributed by atoms with Gasteiger partial charge < -0.3 is 15.5 Å². The summed E-state index contributed by atoms with van der Waals surface area (Å²) in [4.78, 5) is 7.07. The number of benzene rings is 2. The Morgan fingerprint density at radius 2 is 1.97 bits per heavy atom. The maximum atomic E-state index is 6.31. The van der Waals surface area contributed by atoms with E-state index in [0.717, 1.165) is 54.3 Å². The highest BCUT2D eigenvalue weighted by molar-refractivity contribution is 6.31. The fourth-order valence-corrected chi connectivity index (χ4v) is 4.65. The zero-order valence-corrected chi connectivity index (χ0v) is 16.7. The summed E-state index contributed by atoms with van der Waals surface area (Å²) in [7, 11) is 1.85. The summed E-state index contributed by atoms with van der Waals surface area (Å²) in [5.74, 6) is 2.08. The van der Waals surface area contributed by atoms with E-state index in [-0.39, 0.29) is 0 Å². The largest absolute Gasteiger partial charge is 0.372 e. The quantitative estimate of drug-likeness (QED) is 0.546. The number of aromatic nitrogens is 4. The fourth-order valence-electron chi connectivity index (χ4n) is 4.49. The lowest BCUT2D eigenvalue weighted by Crippen LogP contribution is -2.71. The summed E-state index contributed by atoms with van der Waals surface area (Å²) in [6.45, 7) is 4.47. The van der Waals surface area contributed by atoms with Crippen molar-refractivity contribution < 1.29 is 0 Å². The van der Waals surface area contributed by atoms with Crippen molar-refractivity contribution in [2.24, 2.45) is 5.41 Å². The molecule has 0 saturated carbocycles. The summed E-state index contributed by atoms with van der Waals surface area (Å²) < 4.78 is 1.98. The monoisotopic (exact) mass is 405 g/mol. The number of nitrogens with one attached hydrogen (secondary N) is 2. The molecule has 0 bridgehead atoms. The Kier molecular flexibility index (Phi) is 3.54. The van der Waals surface area contributed by atoms with Gasteiger partial charge in [-0.3, -0.25) is 4.40 Å². The summed E-state index contributed by atoms with van der Waals surface area (Å²) >= 11 is 6.31. The molecule has 2 aliphatic heterocycles. The van der Waals surface area contributed by atoms with Gasteiger partial charge in [0.2, 0.25) is 0 Å². The number of rotatable bonds is 3. The molecule has 2 aromatic heterocycles. The molecule has 2 N–H and O–H groups in total. The molecule has 6 rings (SSSR count). The van der Waals surface area contributed by atoms with Crippen molar-refractivity contribution in [1.82, 2.24) is 24.9 Å². The van der Waals surface area contributed by atoms with E-state index in [2.05, 4.69) is 55.0 Å². The Morgan fingerprint density at radius 3 is 2.72 bits per heavy atom. The second-order valence-corrected chi connectivity index (χ2v) is 8.48. The Bertz CT molecular complexity index is 1250. The van der Waals surface area contributed by atoms with Crippen LogP contribution in [0, 0.1) is 5.41 Å². The van der Waals surface area contributed by atoms with Gasteiger partial charge in [0, 0.05) is 60.3 Å². The molecule has 146 valence electrons. The van der Waals surface area contributed by atoms with Crippen LogP contribution < -0.4 is 15.5 Å². The van der Waals surface area contributed by atoms with E-state index < -0.39 is 0 Å². The maximum Gasteiger partial charge on any atom is 0.257 e. The Labute approximate surface area is 172 Å². The Morgan fingerprint density at radius 1 is 1.10 bits per heavy atom. The van der Waals surface area contributed by atoms with Crippen LogP contribution in [0.15, 0.2) is 42.5 Å². The third-order valence-electron chi connectivity index (χ3n) is 6.07. The minimum Gasteiger partial charge on any atom is -0.372 e. The first-order chi connectivity index (χ1) is 14.2. The van der Waals surface area contributed by atoms with Crippen molar-refractivity contribution in [1.29, 1.82) is 0 Å². The molecule has 0 amide bonds. The van der Waals surface area contributed by atoms with Crippen molar-refractivity contribution in [2.75, 3.05) is 43.4 Å². The molecule has 0 aliphatic carbocycles. The van der Waals surface area contributed by atoms with E-state index in [9.17, 15) is 0 Å². The summed E-state index contributed by atoms with van der Waals surface area (Å²) in [6, 6.07) is 14.3. The molecule has 1 spiro atoms. The van der Waals surface area contributed by atoms with Gasteiger partial charge in [0.25, 0.3) is 5.78 Å². The molecule has 4 aromatic rings. The minimum atomic E-state index is 0.484. The Balaban J connectivity index is 1.48. The van der Waals surface area contributed by atoms with Gasteiger partial charge in [0.05, 0.1) is 5.52 Å². The molecule has 2 aromatic carbocycles. The van der Waals surface area contributed by atoms with Crippen molar-refractivity contribution in [2.45, 2.75) is 0 Å². The zero-order valence-electron chi connectivity index (χ0n) is 16.0. The van der Waals surface area contributed by atoms with Crippen LogP contribution in [-0.2, 0) is 0 Å². The number of hydrogen-bond donors (Lipinski definition) is 2. The molecule has 8 heteroatoms. The average molecular weight is 406 g/mol. The summed E-state index contributed by atoms with van der Waals surface area (Å²) in [5, 5.41) is 17.0. The predicted molar refractivity (Wildman–Crippen MR) is 116 cm³/mol. The van der Waals surface area contributed by atoms with Crippen LogP contribution in [0.3, 0.4) is 0 Å². The Hall–Kier alpha value is -2.90. The van der Waals surface area contributed by atoms with E-state index in [0.29, 0.717) is 16.2 Å². The van der Waals surface area contributed by atoms with Gasteiger partial charge >= 0.3 is 0 Å². The standard InChI is InChI=1S/C21H20ClN7/c1-23-18-16-6-5-14(22)8-17(16)29-19(26-27-20(29)25-18)13-3-2-4-15(7-13)28-11-21(12-28)9-24-10-21/h2-8,24H,9-12H2,1H3,(H,23,25,27). The van der Waals surface area contributed by atoms with Gasteiger partial charge in [0.15, 0.2) is 5.82 Å². The molecular formula is C21H20ClN7. The second-order valence-electron chi connectivity index (χ2n) is 8.04. The van der Waals surface area contributed by atoms with E-state index in [1.54, 1.807) is 0 Å². The average Bonchev–Trinajstić information content (AvgIpc) is 3.09. The van der Waals surface area contributed by atoms with Crippen LogP contribution in [0.1, 0.15) is 0 Å². The van der Waals surface area contributed by atoms with Crippen LogP contribution in [0.5, 0.6) is 0 Å². The smallest absolute Gasteiger partial charge is 0.257 e. The second kappa shape index (κ2) is 6.05. The van der Waals surface area contributed by atoms with Crippen LogP contribution >= 0.6 is 11.6 Å². The predicted octanol–water partition coefficient (Wildman–Crippen LogP) is 3.05. The number of fused-ring (bicyclic) bond motifs is 3. The number of nitrogens with zero attached hydrogens (tertiary/aromatic N) is 5. The maximum absolute atomic E-state index is 6.31. The fraction of sp³-hybridized carbons (Fsp3) is 0.286. The molecule has 4 heterocycles. The lowest BCUT2D eigenvalue weighted by atomic mass is 9.74. The summed E-state index contributed by atoms with van der Waals surface area (Å²) in [6.07, 6.45) is 0. The van der Waals surface area contributed by atoms with Crippen molar-refractivity contribution >= 4 is 39.8 Å². The van der Waals surface area contributed by atoms with Gasteiger partial charge in [0.1, 0.15) is 5.82 Å². The molecule has 29 heavy (non-hydrogen) atoms. The minimum absolute atomic E-state index is 0.484. The summed E-state index contributed by atoms with van der Waals surface area (Å²) in [5.41, 5.74) is 3.65. The molecule has 0 unspecified atom stereocenters. The first-order valence-corrected chi connectivity index (χ1v) is 10.1. The lowest BCUT2D eigenvalue weighted by Gasteiger charge is -2.57. The lowest BCUT2D eigenvalue weighted by molar-refractivity contribution is 0.121. The molecule has 2 saturated heterocycles. The third kappa shape index (κ3) is 2.51. The first-order valence-electron chi connectivity index (χ1n) is 9.74. The number of hydrogen-bond acceptors (Lipinski definition) is 6. The molecule has 2 aliphatic rings. The normalized spacial score (nSPS) is 17.5. The highest BCUT2D eigenvalue weighted by Gasteiger charge is 2.47. The molecule has 0 atom stereocenters. The van der Waals surface area contributed by atoms with E-state index in [1.807, 2.05) is 29.6 Å². The van der Waals surface area contributed by atoms with Crippen LogP contribution in [0.2, 0.25) is 5.02 Å². The van der Waals surface area contributed by atoms with Gasteiger partial charge in [-0.05, 0) is 30.3 Å². The van der Waals surface area contributed by atoms with Gasteiger partial charge in [-0.1, -0.05) is 23.7 Å². The van der Waals surface area contributed by atoms with E-state index in [1.165, 1.54) is 5.69 Å². The van der Waals surface area contributed by atoms with Crippen molar-refractivity contribution in [3.8, 4) is 11.4 Å². The van der Waals surface area contributed by atoms with Crippen LogP contribution in [0.25, 0.3) is 28.1 Å². The highest BCUT2D eigenvalue weighted by atomic mass is 35.5. The van der Waals surface area contributed by atoms with Crippen molar-refractivity contribution in [3.05, 3.63) is 47.5 Å². The molecule has 7 nitrogen and oxygen atoms in total. The van der Waals surface area contributed by atoms with Crippen LogP contribution in [0.4, 0.5) is 11.5 Å². The van der Waals surface area contributed by atoms with Gasteiger partial charge in [-0.2, -0.15) is 4.98 Å². The number of halogens is 1. The first kappa shape index (κ1) is 17.0. The third-order valence-corrected chi connectivity index (χ3v) is 6.31. The molecule has 2 fully saturated rings. The van der Waals surface area contributed by atoms with E-state index in [4.69, 9.17) is 11.6 Å². The molecule has 0 radical (unpaired) electrons. The topological polar surface area (TPSA) is 70.4 Å². The van der Waals surface area contributed by atoms with Crippen LogP contribution in [-0.4, -0.2) is 52.8 Å². The zero-order chi connectivity index (χ0) is 19.6. The van der Waals surface area contributed by atoms with Crippen molar-refractivity contribution in [3.63, 3.8) is 0 Å². The highest BCUT2D eigenvalue weighted by Crippen LogP contribution is 2.38. The molecular weight excluding hydrogens is 386 g/mol. The SMILES string of the molecule is CNc1nc2nnc(-c3cccc(N4CC5(CNC5)C4)c3)n2c2cc(Cl)ccc12. The van der Waals surface area contributed by atoms with Gasteiger partial charge in [-0.25, -0.2) is 0 Å².